The Kier molecular flexibility index (Phi) is 5.87. The second-order valence-corrected chi connectivity index (χ2v) is 4.77. The van der Waals surface area contributed by atoms with Crippen LogP contribution in [0, 0.1) is 17.8 Å². The minimum Gasteiger partial charge on any atom is -0.497 e. The third-order valence-corrected chi connectivity index (χ3v) is 3.27. The van der Waals surface area contributed by atoms with E-state index in [1.165, 1.54) is 0 Å². The van der Waals surface area contributed by atoms with Crippen molar-refractivity contribution in [3.63, 3.8) is 0 Å². The largest absolute Gasteiger partial charge is 0.497 e. The van der Waals surface area contributed by atoms with E-state index in [9.17, 15) is 0 Å². The zero-order valence-electron chi connectivity index (χ0n) is 11.9. The second kappa shape index (κ2) is 7.91. The molecule has 1 aromatic rings. The highest BCUT2D eigenvalue weighted by atomic mass is 16.5. The summed E-state index contributed by atoms with van der Waals surface area (Å²) in [5.41, 5.74) is 7.40. The van der Waals surface area contributed by atoms with Gasteiger partial charge in [-0.25, -0.2) is 0 Å². The van der Waals surface area contributed by atoms with Gasteiger partial charge in [0.25, 0.3) is 0 Å². The van der Waals surface area contributed by atoms with Crippen LogP contribution in [-0.4, -0.2) is 33.5 Å². The van der Waals surface area contributed by atoms with E-state index >= 15 is 0 Å². The number of rotatable bonds is 5. The lowest BCUT2D eigenvalue weighted by Crippen LogP contribution is -2.09. The first-order chi connectivity index (χ1) is 9.83. The van der Waals surface area contributed by atoms with Crippen molar-refractivity contribution in [2.75, 3.05) is 33.5 Å². The molecule has 1 fully saturated rings. The minimum atomic E-state index is 0.353. The standard InChI is InChI=1S/C16H21NO3/c1-18-16-5-4-14(3-2-7-17)15(9-16)12-20-11-13-6-8-19-10-13/h4-5,9,13H,6-8,10-12,17H2,1H3. The highest BCUT2D eigenvalue weighted by molar-refractivity contribution is 5.45. The highest BCUT2D eigenvalue weighted by Gasteiger charge is 2.15. The van der Waals surface area contributed by atoms with E-state index in [0.29, 0.717) is 19.1 Å². The molecule has 4 heteroatoms. The number of hydrogen-bond donors (Lipinski definition) is 1. The molecule has 2 N–H and O–H groups in total. The summed E-state index contributed by atoms with van der Waals surface area (Å²) in [6.07, 6.45) is 1.08. The summed E-state index contributed by atoms with van der Waals surface area (Å²) in [6, 6.07) is 5.80. The van der Waals surface area contributed by atoms with Gasteiger partial charge in [0.1, 0.15) is 5.75 Å². The molecular weight excluding hydrogens is 254 g/mol. The zero-order valence-corrected chi connectivity index (χ0v) is 11.9. The maximum atomic E-state index is 5.79. The van der Waals surface area contributed by atoms with Crippen molar-refractivity contribution in [3.8, 4) is 17.6 Å². The number of methoxy groups -OCH3 is 1. The summed E-state index contributed by atoms with van der Waals surface area (Å²) in [5, 5.41) is 0. The molecule has 1 atom stereocenters. The average molecular weight is 275 g/mol. The van der Waals surface area contributed by atoms with Gasteiger partial charge in [-0.3, -0.25) is 0 Å². The fourth-order valence-electron chi connectivity index (χ4n) is 2.14. The molecule has 1 aliphatic heterocycles. The van der Waals surface area contributed by atoms with Crippen molar-refractivity contribution in [1.82, 2.24) is 0 Å². The summed E-state index contributed by atoms with van der Waals surface area (Å²) in [4.78, 5) is 0. The van der Waals surface area contributed by atoms with Crippen molar-refractivity contribution in [2.24, 2.45) is 11.7 Å². The molecule has 1 aliphatic rings. The Balaban J connectivity index is 1.99. The normalized spacial score (nSPS) is 17.6. The molecule has 1 heterocycles. The Hall–Kier alpha value is -1.54. The number of ether oxygens (including phenoxy) is 3. The maximum Gasteiger partial charge on any atom is 0.119 e. The quantitative estimate of drug-likeness (QED) is 0.829. The molecule has 20 heavy (non-hydrogen) atoms. The third-order valence-electron chi connectivity index (χ3n) is 3.27. The van der Waals surface area contributed by atoms with E-state index in [2.05, 4.69) is 11.8 Å². The van der Waals surface area contributed by atoms with Gasteiger partial charge in [-0.05, 0) is 30.2 Å². The van der Waals surface area contributed by atoms with E-state index in [-0.39, 0.29) is 0 Å². The van der Waals surface area contributed by atoms with Gasteiger partial charge in [0.2, 0.25) is 0 Å². The van der Waals surface area contributed by atoms with Crippen molar-refractivity contribution >= 4 is 0 Å². The SMILES string of the molecule is COc1ccc(C#CCN)c(COCC2CCOC2)c1. The van der Waals surface area contributed by atoms with Gasteiger partial charge in [0.05, 0.1) is 33.5 Å². The fourth-order valence-corrected chi connectivity index (χ4v) is 2.14. The topological polar surface area (TPSA) is 53.7 Å². The van der Waals surface area contributed by atoms with E-state index in [1.54, 1.807) is 7.11 Å². The highest BCUT2D eigenvalue weighted by Crippen LogP contribution is 2.19. The van der Waals surface area contributed by atoms with Gasteiger partial charge < -0.3 is 19.9 Å². The Labute approximate surface area is 120 Å². The van der Waals surface area contributed by atoms with Crippen LogP contribution in [0.2, 0.25) is 0 Å². The predicted octanol–water partition coefficient (Wildman–Crippen LogP) is 1.56. The average Bonchev–Trinajstić information content (AvgIpc) is 2.99. The van der Waals surface area contributed by atoms with Crippen molar-refractivity contribution in [1.29, 1.82) is 0 Å². The molecule has 1 saturated heterocycles. The molecule has 4 nitrogen and oxygen atoms in total. The molecule has 0 amide bonds. The predicted molar refractivity (Wildman–Crippen MR) is 77.5 cm³/mol. The van der Waals surface area contributed by atoms with Gasteiger partial charge in [-0.15, -0.1) is 0 Å². The Morgan fingerprint density at radius 2 is 2.35 bits per heavy atom. The van der Waals surface area contributed by atoms with Crippen LogP contribution in [0.25, 0.3) is 0 Å². The first kappa shape index (κ1) is 14.9. The van der Waals surface area contributed by atoms with Crippen LogP contribution in [0.4, 0.5) is 0 Å². The van der Waals surface area contributed by atoms with Crippen molar-refractivity contribution < 1.29 is 14.2 Å². The van der Waals surface area contributed by atoms with Crippen LogP contribution in [0.15, 0.2) is 18.2 Å². The molecular formula is C16H21NO3. The summed E-state index contributed by atoms with van der Waals surface area (Å²) >= 11 is 0. The number of benzene rings is 1. The lowest BCUT2D eigenvalue weighted by molar-refractivity contribution is 0.0789. The van der Waals surface area contributed by atoms with Crippen LogP contribution in [0.5, 0.6) is 5.75 Å². The van der Waals surface area contributed by atoms with Crippen LogP contribution >= 0.6 is 0 Å². The molecule has 0 bridgehead atoms. The minimum absolute atomic E-state index is 0.353. The van der Waals surface area contributed by atoms with E-state index < -0.39 is 0 Å². The summed E-state index contributed by atoms with van der Waals surface area (Å²) in [6.45, 7) is 3.26. The number of hydrogen-bond acceptors (Lipinski definition) is 4. The van der Waals surface area contributed by atoms with E-state index in [0.717, 1.165) is 43.1 Å². The molecule has 0 saturated carbocycles. The zero-order chi connectivity index (χ0) is 14.2. The van der Waals surface area contributed by atoms with Gasteiger partial charge in [-0.1, -0.05) is 11.8 Å². The Morgan fingerprint density at radius 3 is 3.05 bits per heavy atom. The van der Waals surface area contributed by atoms with Gasteiger partial charge in [0, 0.05) is 18.1 Å². The molecule has 0 aromatic heterocycles. The van der Waals surface area contributed by atoms with Gasteiger partial charge >= 0.3 is 0 Å². The Morgan fingerprint density at radius 1 is 1.45 bits per heavy atom. The van der Waals surface area contributed by atoms with E-state index in [1.807, 2.05) is 18.2 Å². The molecule has 108 valence electrons. The molecule has 2 rings (SSSR count). The first-order valence-electron chi connectivity index (χ1n) is 6.85. The van der Waals surface area contributed by atoms with Crippen LogP contribution in [0.1, 0.15) is 17.5 Å². The van der Waals surface area contributed by atoms with Crippen molar-refractivity contribution in [3.05, 3.63) is 29.3 Å². The molecule has 0 spiro atoms. The smallest absolute Gasteiger partial charge is 0.119 e. The monoisotopic (exact) mass is 275 g/mol. The first-order valence-corrected chi connectivity index (χ1v) is 6.85. The molecule has 1 aromatic carbocycles. The van der Waals surface area contributed by atoms with Crippen LogP contribution in [-0.2, 0) is 16.1 Å². The third kappa shape index (κ3) is 4.24. The summed E-state index contributed by atoms with van der Waals surface area (Å²) in [7, 11) is 1.65. The Bertz CT molecular complexity index is 484. The summed E-state index contributed by atoms with van der Waals surface area (Å²) in [5.74, 6) is 7.27. The second-order valence-electron chi connectivity index (χ2n) is 4.77. The molecule has 1 unspecified atom stereocenters. The molecule has 0 radical (unpaired) electrons. The lowest BCUT2D eigenvalue weighted by atomic mass is 10.1. The molecule has 0 aliphatic carbocycles. The van der Waals surface area contributed by atoms with Crippen LogP contribution in [0.3, 0.4) is 0 Å². The summed E-state index contributed by atoms with van der Waals surface area (Å²) < 4.78 is 16.4. The lowest BCUT2D eigenvalue weighted by Gasteiger charge is -2.11. The van der Waals surface area contributed by atoms with E-state index in [4.69, 9.17) is 19.9 Å². The fraction of sp³-hybridized carbons (Fsp3) is 0.500. The van der Waals surface area contributed by atoms with Gasteiger partial charge in [0.15, 0.2) is 0 Å². The van der Waals surface area contributed by atoms with Crippen LogP contribution < -0.4 is 10.5 Å². The van der Waals surface area contributed by atoms with Crippen molar-refractivity contribution in [2.45, 2.75) is 13.0 Å². The van der Waals surface area contributed by atoms with Gasteiger partial charge in [-0.2, -0.15) is 0 Å². The maximum absolute atomic E-state index is 5.79. The number of nitrogens with two attached hydrogens (primary N) is 1.